The van der Waals surface area contributed by atoms with Gasteiger partial charge in [0.25, 0.3) is 0 Å². The first-order valence-corrected chi connectivity index (χ1v) is 8.64. The molecule has 0 fully saturated rings. The van der Waals surface area contributed by atoms with Crippen LogP contribution in [0.2, 0.25) is 0 Å². The van der Waals surface area contributed by atoms with Gasteiger partial charge in [-0.3, -0.25) is 14.3 Å². The number of hydrogen-bond donors (Lipinski definition) is 1. The highest BCUT2D eigenvalue weighted by Crippen LogP contribution is 2.17. The minimum absolute atomic E-state index is 0.110. The van der Waals surface area contributed by atoms with Crippen LogP contribution in [0.3, 0.4) is 0 Å². The molecule has 0 unspecified atom stereocenters. The number of ether oxygens (including phenoxy) is 1. The van der Waals surface area contributed by atoms with Gasteiger partial charge in [0.15, 0.2) is 22.7 Å². The summed E-state index contributed by atoms with van der Waals surface area (Å²) in [4.78, 5) is 23.8. The number of fused-ring (bicyclic) bond motifs is 1. The Morgan fingerprint density at radius 1 is 1.29 bits per heavy atom. The second kappa shape index (κ2) is 8.30. The minimum atomic E-state index is -1.10. The number of hydrogen-bond acceptors (Lipinski definition) is 4. The number of pyridine rings is 1. The van der Waals surface area contributed by atoms with E-state index in [1.165, 1.54) is 34.6 Å². The summed E-state index contributed by atoms with van der Waals surface area (Å²) in [6.07, 6.45) is 1.81. The zero-order valence-corrected chi connectivity index (χ0v) is 15.2. The fourth-order valence-electron chi connectivity index (χ4n) is 3.05. The van der Waals surface area contributed by atoms with Crippen LogP contribution in [-0.2, 0) is 35.5 Å². The van der Waals surface area contributed by atoms with Crippen molar-refractivity contribution in [3.05, 3.63) is 63.6 Å². The summed E-state index contributed by atoms with van der Waals surface area (Å²) < 4.78 is 35.2. The maximum Gasteiger partial charge on any atom is 0.323 e. The van der Waals surface area contributed by atoms with E-state index in [1.807, 2.05) is 0 Å². The van der Waals surface area contributed by atoms with Crippen molar-refractivity contribution in [1.82, 2.24) is 14.3 Å². The predicted molar refractivity (Wildman–Crippen MR) is 97.3 cm³/mol. The lowest BCUT2D eigenvalue weighted by Crippen LogP contribution is -2.19. The van der Waals surface area contributed by atoms with E-state index in [0.717, 1.165) is 6.07 Å². The van der Waals surface area contributed by atoms with Crippen molar-refractivity contribution in [3.8, 4) is 0 Å². The van der Waals surface area contributed by atoms with E-state index in [1.54, 1.807) is 6.20 Å². The number of rotatable bonds is 8. The number of aryl methyl sites for hydroxylation is 2. The fourth-order valence-corrected chi connectivity index (χ4v) is 3.05. The van der Waals surface area contributed by atoms with Gasteiger partial charge in [-0.25, -0.2) is 8.78 Å². The molecule has 0 aliphatic heterocycles. The number of nitrogens with zero attached hydrogens (tertiary/aromatic N) is 3. The Kier molecular flexibility index (Phi) is 5.84. The van der Waals surface area contributed by atoms with Crippen molar-refractivity contribution in [3.63, 3.8) is 0 Å². The second-order valence-corrected chi connectivity index (χ2v) is 6.32. The number of aromatic nitrogens is 3. The molecule has 28 heavy (non-hydrogen) atoms. The lowest BCUT2D eigenvalue weighted by molar-refractivity contribution is -0.137. The first-order valence-electron chi connectivity index (χ1n) is 8.64. The summed E-state index contributed by atoms with van der Waals surface area (Å²) >= 11 is 0. The smallest absolute Gasteiger partial charge is 0.323 e. The molecule has 2 heterocycles. The summed E-state index contributed by atoms with van der Waals surface area (Å²) in [5.41, 5.74) is 0.469. The van der Waals surface area contributed by atoms with Crippen molar-refractivity contribution >= 4 is 17.0 Å². The third-order valence-corrected chi connectivity index (χ3v) is 4.41. The van der Waals surface area contributed by atoms with Gasteiger partial charge in [-0.05, 0) is 24.5 Å². The molecular formula is C19H19F2N3O4. The molecule has 1 aromatic carbocycles. The van der Waals surface area contributed by atoms with Crippen LogP contribution in [0, 0.1) is 11.6 Å². The summed E-state index contributed by atoms with van der Waals surface area (Å²) in [5, 5.41) is 13.9. The second-order valence-electron chi connectivity index (χ2n) is 6.32. The molecule has 0 atom stereocenters. The van der Waals surface area contributed by atoms with E-state index >= 15 is 0 Å². The lowest BCUT2D eigenvalue weighted by atomic mass is 10.1. The van der Waals surface area contributed by atoms with E-state index in [-0.39, 0.29) is 34.9 Å². The van der Waals surface area contributed by atoms with Gasteiger partial charge in [0.2, 0.25) is 0 Å². The highest BCUT2D eigenvalue weighted by molar-refractivity contribution is 5.77. The molecule has 0 aliphatic carbocycles. The molecule has 0 spiro atoms. The predicted octanol–water partition coefficient (Wildman–Crippen LogP) is 1.99. The maximum absolute atomic E-state index is 13.9. The molecule has 9 heteroatoms. The maximum atomic E-state index is 13.9. The molecule has 148 valence electrons. The topological polar surface area (TPSA) is 86.3 Å². The number of benzene rings is 1. The van der Waals surface area contributed by atoms with Gasteiger partial charge in [0.05, 0.1) is 18.5 Å². The van der Waals surface area contributed by atoms with Crippen LogP contribution >= 0.6 is 0 Å². The summed E-state index contributed by atoms with van der Waals surface area (Å²) in [7, 11) is 1.54. The van der Waals surface area contributed by atoms with Gasteiger partial charge < -0.3 is 14.4 Å². The molecule has 1 N–H and O–H groups in total. The summed E-state index contributed by atoms with van der Waals surface area (Å²) in [6.45, 7) is 0.382. The Hall–Kier alpha value is -3.07. The van der Waals surface area contributed by atoms with Crippen molar-refractivity contribution < 1.29 is 23.4 Å². The monoisotopic (exact) mass is 391 g/mol. The van der Waals surface area contributed by atoms with Gasteiger partial charge in [-0.2, -0.15) is 5.10 Å². The quantitative estimate of drug-likeness (QED) is 0.635. The molecule has 0 aliphatic rings. The number of halogens is 2. The molecule has 0 saturated carbocycles. The van der Waals surface area contributed by atoms with Crippen LogP contribution in [0.1, 0.15) is 11.3 Å². The normalized spacial score (nSPS) is 11.2. The third-order valence-electron chi connectivity index (χ3n) is 4.41. The molecular weight excluding hydrogens is 372 g/mol. The van der Waals surface area contributed by atoms with Crippen LogP contribution in [0.15, 0.2) is 35.3 Å². The van der Waals surface area contributed by atoms with E-state index in [2.05, 4.69) is 5.10 Å². The molecule has 0 saturated heterocycles. The van der Waals surface area contributed by atoms with Gasteiger partial charge in [0.1, 0.15) is 6.54 Å². The van der Waals surface area contributed by atoms with E-state index in [4.69, 9.17) is 4.74 Å². The molecule has 7 nitrogen and oxygen atoms in total. The lowest BCUT2D eigenvalue weighted by Gasteiger charge is -2.13. The van der Waals surface area contributed by atoms with Crippen molar-refractivity contribution in [2.45, 2.75) is 25.9 Å². The summed E-state index contributed by atoms with van der Waals surface area (Å²) in [6, 6.07) is 5.21. The summed E-state index contributed by atoms with van der Waals surface area (Å²) in [5.74, 6) is -3.00. The highest BCUT2D eigenvalue weighted by atomic mass is 19.2. The van der Waals surface area contributed by atoms with Crippen molar-refractivity contribution in [2.24, 2.45) is 0 Å². The average Bonchev–Trinajstić information content (AvgIpc) is 3.08. The zero-order valence-electron chi connectivity index (χ0n) is 15.2. The van der Waals surface area contributed by atoms with Gasteiger partial charge in [-0.15, -0.1) is 0 Å². The molecule has 3 aromatic rings. The van der Waals surface area contributed by atoms with Crippen LogP contribution in [0.4, 0.5) is 8.78 Å². The molecule has 0 radical (unpaired) electrons. The van der Waals surface area contributed by atoms with E-state index in [0.29, 0.717) is 18.8 Å². The molecule has 2 aromatic heterocycles. The number of carbonyl (C=O) groups is 1. The third kappa shape index (κ3) is 4.09. The molecule has 0 amide bonds. The van der Waals surface area contributed by atoms with Crippen LogP contribution in [-0.4, -0.2) is 39.1 Å². The zero-order chi connectivity index (χ0) is 20.3. The Morgan fingerprint density at radius 3 is 2.79 bits per heavy atom. The Balaban J connectivity index is 2.01. The van der Waals surface area contributed by atoms with Gasteiger partial charge in [-0.1, -0.05) is 12.1 Å². The van der Waals surface area contributed by atoms with Crippen LogP contribution in [0.25, 0.3) is 11.0 Å². The standard InChI is InChI=1S/C19H19F2N3O4/c1-28-8-7-23-10-14-16(25)9-13(24(11-17(26)27)19(14)22-23)6-5-12-3-2-4-15(20)18(12)21/h2-4,9-10H,5-8,11H2,1H3,(H,26,27). The molecule has 3 rings (SSSR count). The fraction of sp³-hybridized carbons (Fsp3) is 0.316. The average molecular weight is 391 g/mol. The Bertz CT molecular complexity index is 1070. The number of carboxylic acids is 1. The van der Waals surface area contributed by atoms with Crippen LogP contribution < -0.4 is 5.43 Å². The first kappa shape index (κ1) is 19.7. The number of methoxy groups -OCH3 is 1. The van der Waals surface area contributed by atoms with Gasteiger partial charge in [0, 0.05) is 25.1 Å². The number of aliphatic carboxylic acids is 1. The van der Waals surface area contributed by atoms with Crippen molar-refractivity contribution in [2.75, 3.05) is 13.7 Å². The number of carboxylic acid groups (broad SMARTS) is 1. The Morgan fingerprint density at radius 2 is 2.07 bits per heavy atom. The van der Waals surface area contributed by atoms with Crippen molar-refractivity contribution in [1.29, 1.82) is 0 Å². The minimum Gasteiger partial charge on any atom is -0.480 e. The first-order chi connectivity index (χ1) is 13.4. The largest absolute Gasteiger partial charge is 0.480 e. The Labute approximate surface area is 158 Å². The SMILES string of the molecule is COCCn1cc2c(=O)cc(CCc3cccc(F)c3F)n(CC(=O)O)c2n1. The molecule has 0 bridgehead atoms. The van der Waals surface area contributed by atoms with Crippen LogP contribution in [0.5, 0.6) is 0 Å². The van der Waals surface area contributed by atoms with E-state index < -0.39 is 24.1 Å². The van der Waals surface area contributed by atoms with E-state index in [9.17, 15) is 23.5 Å². The van der Waals surface area contributed by atoms with Gasteiger partial charge >= 0.3 is 5.97 Å². The highest BCUT2D eigenvalue weighted by Gasteiger charge is 2.16.